The molecule has 0 amide bonds. The van der Waals surface area contributed by atoms with Gasteiger partial charge in [0, 0.05) is 11.8 Å². The molecule has 16 heavy (non-hydrogen) atoms. The smallest absolute Gasteiger partial charge is 0.175 e. The van der Waals surface area contributed by atoms with Crippen LogP contribution in [0.1, 0.15) is 19.4 Å². The predicted octanol–water partition coefficient (Wildman–Crippen LogP) is 2.49. The Bertz CT molecular complexity index is 492. The summed E-state index contributed by atoms with van der Waals surface area (Å²) >= 11 is 0. The van der Waals surface area contributed by atoms with Crippen LogP contribution in [0, 0.1) is 0 Å². The van der Waals surface area contributed by atoms with Crippen molar-refractivity contribution in [2.75, 3.05) is 13.4 Å². The molecule has 0 fully saturated rings. The zero-order valence-corrected chi connectivity index (χ0v) is 10.8. The number of methoxy groups -OCH3 is 1. The van der Waals surface area contributed by atoms with E-state index in [0.717, 1.165) is 16.9 Å². The van der Waals surface area contributed by atoms with Crippen molar-refractivity contribution in [3.8, 4) is 0 Å². The van der Waals surface area contributed by atoms with E-state index >= 15 is 0 Å². The Morgan fingerprint density at radius 3 is 1.94 bits per heavy atom. The summed E-state index contributed by atoms with van der Waals surface area (Å²) in [6.45, 7) is 3.90. The van der Waals surface area contributed by atoms with Crippen LogP contribution in [0.2, 0.25) is 0 Å². The zero-order chi connectivity index (χ0) is 12.3. The van der Waals surface area contributed by atoms with Gasteiger partial charge in [0.05, 0.1) is 12.0 Å². The highest BCUT2D eigenvalue weighted by molar-refractivity contribution is 7.90. The minimum atomic E-state index is -3.13. The normalized spacial score (nSPS) is 11.0. The standard InChI is InChI=1S/C12H16O3S/c1-9(2)12(15-3)10-5-7-11(8-6-10)16(4,13)14/h5-8H,1-4H3. The summed E-state index contributed by atoms with van der Waals surface area (Å²) in [4.78, 5) is 0.320. The summed E-state index contributed by atoms with van der Waals surface area (Å²) in [7, 11) is -1.53. The molecular formula is C12H16O3S. The molecular weight excluding hydrogens is 224 g/mol. The molecule has 0 aliphatic heterocycles. The fourth-order valence-corrected chi connectivity index (χ4v) is 2.09. The van der Waals surface area contributed by atoms with E-state index in [1.807, 2.05) is 13.8 Å². The van der Waals surface area contributed by atoms with Crippen molar-refractivity contribution in [3.05, 3.63) is 35.4 Å². The van der Waals surface area contributed by atoms with Gasteiger partial charge in [0.2, 0.25) is 0 Å². The van der Waals surface area contributed by atoms with Gasteiger partial charge in [0.25, 0.3) is 0 Å². The Labute approximate surface area is 96.7 Å². The SMILES string of the molecule is COC(=C(C)C)c1ccc(S(C)(=O)=O)cc1. The Morgan fingerprint density at radius 2 is 1.62 bits per heavy atom. The van der Waals surface area contributed by atoms with Gasteiger partial charge >= 0.3 is 0 Å². The second-order valence-electron chi connectivity index (χ2n) is 3.83. The number of rotatable bonds is 3. The lowest BCUT2D eigenvalue weighted by Crippen LogP contribution is -1.97. The van der Waals surface area contributed by atoms with Gasteiger partial charge in [-0.1, -0.05) is 0 Å². The highest BCUT2D eigenvalue weighted by Gasteiger charge is 2.08. The van der Waals surface area contributed by atoms with Crippen molar-refractivity contribution < 1.29 is 13.2 Å². The molecule has 4 heteroatoms. The third-order valence-electron chi connectivity index (χ3n) is 2.20. The molecule has 0 aliphatic rings. The van der Waals surface area contributed by atoms with Gasteiger partial charge < -0.3 is 4.74 Å². The van der Waals surface area contributed by atoms with Gasteiger partial charge in [0.1, 0.15) is 5.76 Å². The summed E-state index contributed by atoms with van der Waals surface area (Å²) < 4.78 is 27.8. The number of sulfone groups is 1. The molecule has 1 aromatic rings. The first-order valence-corrected chi connectivity index (χ1v) is 6.77. The first-order valence-electron chi connectivity index (χ1n) is 4.88. The Balaban J connectivity index is 3.19. The minimum absolute atomic E-state index is 0.320. The van der Waals surface area contributed by atoms with Crippen molar-refractivity contribution in [1.29, 1.82) is 0 Å². The van der Waals surface area contributed by atoms with Crippen LogP contribution in [0.25, 0.3) is 5.76 Å². The number of benzene rings is 1. The maximum absolute atomic E-state index is 11.3. The summed E-state index contributed by atoms with van der Waals surface area (Å²) in [6, 6.07) is 6.68. The van der Waals surface area contributed by atoms with E-state index in [1.54, 1.807) is 31.4 Å². The number of ether oxygens (including phenoxy) is 1. The summed E-state index contributed by atoms with van der Waals surface area (Å²) in [6.07, 6.45) is 1.19. The first kappa shape index (κ1) is 12.8. The van der Waals surface area contributed by atoms with Crippen molar-refractivity contribution in [1.82, 2.24) is 0 Å². The lowest BCUT2D eigenvalue weighted by molar-refractivity contribution is 0.367. The number of hydrogen-bond acceptors (Lipinski definition) is 3. The molecule has 0 atom stereocenters. The van der Waals surface area contributed by atoms with E-state index in [1.165, 1.54) is 6.26 Å². The summed E-state index contributed by atoms with van der Waals surface area (Å²) in [5.41, 5.74) is 1.93. The molecule has 3 nitrogen and oxygen atoms in total. The molecule has 0 aliphatic carbocycles. The van der Waals surface area contributed by atoms with Gasteiger partial charge in [-0.25, -0.2) is 8.42 Å². The zero-order valence-electron chi connectivity index (χ0n) is 9.94. The quantitative estimate of drug-likeness (QED) is 0.762. The van der Waals surface area contributed by atoms with E-state index in [-0.39, 0.29) is 0 Å². The molecule has 0 radical (unpaired) electrons. The molecule has 1 rings (SSSR count). The van der Waals surface area contributed by atoms with Crippen molar-refractivity contribution in [2.24, 2.45) is 0 Å². The Hall–Kier alpha value is -1.29. The van der Waals surface area contributed by atoms with E-state index in [9.17, 15) is 8.42 Å². The molecule has 88 valence electrons. The third kappa shape index (κ3) is 2.85. The molecule has 0 bridgehead atoms. The second kappa shape index (κ2) is 4.70. The molecule has 0 saturated carbocycles. The average molecular weight is 240 g/mol. The van der Waals surface area contributed by atoms with Gasteiger partial charge in [-0.3, -0.25) is 0 Å². The van der Waals surface area contributed by atoms with Gasteiger partial charge in [-0.05, 0) is 43.7 Å². The Kier molecular flexibility index (Phi) is 3.75. The summed E-state index contributed by atoms with van der Waals surface area (Å²) in [5.74, 6) is 0.778. The topological polar surface area (TPSA) is 43.4 Å². The van der Waals surface area contributed by atoms with Crippen LogP contribution < -0.4 is 0 Å². The van der Waals surface area contributed by atoms with Crippen molar-refractivity contribution in [2.45, 2.75) is 18.7 Å². The monoisotopic (exact) mass is 240 g/mol. The number of allylic oxidation sites excluding steroid dienone is 1. The van der Waals surface area contributed by atoms with E-state index in [4.69, 9.17) is 4.74 Å². The summed E-state index contributed by atoms with van der Waals surface area (Å²) in [5, 5.41) is 0. The van der Waals surface area contributed by atoms with Gasteiger partial charge in [-0.15, -0.1) is 0 Å². The Morgan fingerprint density at radius 1 is 1.12 bits per heavy atom. The molecule has 0 aromatic heterocycles. The molecule has 0 N–H and O–H groups in total. The van der Waals surface area contributed by atoms with Gasteiger partial charge in [0.15, 0.2) is 9.84 Å². The first-order chi connectivity index (χ1) is 7.36. The lowest BCUT2D eigenvalue weighted by atomic mass is 10.1. The predicted molar refractivity (Wildman–Crippen MR) is 64.8 cm³/mol. The maximum Gasteiger partial charge on any atom is 0.175 e. The van der Waals surface area contributed by atoms with Crippen LogP contribution in [0.4, 0.5) is 0 Å². The molecule has 1 aromatic carbocycles. The van der Waals surface area contributed by atoms with Crippen LogP contribution in [0.15, 0.2) is 34.7 Å². The minimum Gasteiger partial charge on any atom is -0.496 e. The fourth-order valence-electron chi connectivity index (χ4n) is 1.46. The lowest BCUT2D eigenvalue weighted by Gasteiger charge is -2.09. The number of hydrogen-bond donors (Lipinski definition) is 0. The van der Waals surface area contributed by atoms with Crippen molar-refractivity contribution in [3.63, 3.8) is 0 Å². The van der Waals surface area contributed by atoms with E-state index < -0.39 is 9.84 Å². The highest BCUT2D eigenvalue weighted by Crippen LogP contribution is 2.20. The van der Waals surface area contributed by atoms with Crippen LogP contribution in [0.3, 0.4) is 0 Å². The highest BCUT2D eigenvalue weighted by atomic mass is 32.2. The maximum atomic E-state index is 11.3. The van der Waals surface area contributed by atoms with Crippen molar-refractivity contribution >= 4 is 15.6 Å². The van der Waals surface area contributed by atoms with Crippen LogP contribution in [-0.2, 0) is 14.6 Å². The average Bonchev–Trinajstić information content (AvgIpc) is 2.17. The largest absolute Gasteiger partial charge is 0.496 e. The molecule has 0 saturated heterocycles. The van der Waals surface area contributed by atoms with Crippen LogP contribution in [0.5, 0.6) is 0 Å². The van der Waals surface area contributed by atoms with Crippen LogP contribution >= 0.6 is 0 Å². The second-order valence-corrected chi connectivity index (χ2v) is 5.85. The van der Waals surface area contributed by atoms with E-state index in [0.29, 0.717) is 4.90 Å². The van der Waals surface area contributed by atoms with Gasteiger partial charge in [-0.2, -0.15) is 0 Å². The van der Waals surface area contributed by atoms with E-state index in [2.05, 4.69) is 0 Å². The molecule has 0 spiro atoms. The third-order valence-corrected chi connectivity index (χ3v) is 3.33. The fraction of sp³-hybridized carbons (Fsp3) is 0.333. The molecule has 0 unspecified atom stereocenters. The van der Waals surface area contributed by atoms with Crippen LogP contribution in [-0.4, -0.2) is 21.8 Å². The molecule has 0 heterocycles.